The number of hydrogen-bond acceptors (Lipinski definition) is 5. The van der Waals surface area contributed by atoms with Crippen molar-refractivity contribution < 1.29 is 19.1 Å². The number of halogens is 1. The van der Waals surface area contributed by atoms with Gasteiger partial charge in [-0.15, -0.1) is 0 Å². The Morgan fingerprint density at radius 2 is 1.90 bits per heavy atom. The lowest BCUT2D eigenvalue weighted by molar-refractivity contribution is -0.162. The fourth-order valence-electron chi connectivity index (χ4n) is 2.75. The highest BCUT2D eigenvalue weighted by Crippen LogP contribution is 2.41. The minimum absolute atomic E-state index is 0.449. The molecular weight excluding hydrogens is 326 g/mol. The topological polar surface area (TPSA) is 78.6 Å². The van der Waals surface area contributed by atoms with Crippen LogP contribution >= 0.6 is 15.9 Å². The molecular formula is C14H16BrNO4. The van der Waals surface area contributed by atoms with Gasteiger partial charge in [-0.1, -0.05) is 22.0 Å². The zero-order chi connectivity index (χ0) is 14.9. The van der Waals surface area contributed by atoms with Crippen LogP contribution in [0, 0.1) is 0 Å². The maximum atomic E-state index is 12.1. The Morgan fingerprint density at radius 3 is 2.45 bits per heavy atom. The van der Waals surface area contributed by atoms with Gasteiger partial charge in [0, 0.05) is 10.4 Å². The predicted octanol–water partition coefficient (Wildman–Crippen LogP) is 1.52. The molecule has 1 aromatic rings. The number of esters is 2. The first-order chi connectivity index (χ1) is 9.44. The number of aryl methyl sites for hydroxylation is 1. The van der Waals surface area contributed by atoms with Crippen molar-refractivity contribution in [1.82, 2.24) is 0 Å². The maximum absolute atomic E-state index is 12.1. The Morgan fingerprint density at radius 1 is 1.30 bits per heavy atom. The Bertz CT molecular complexity index is 542. The van der Waals surface area contributed by atoms with E-state index >= 15 is 0 Å². The fraction of sp³-hybridized carbons (Fsp3) is 0.429. The summed E-state index contributed by atoms with van der Waals surface area (Å²) in [7, 11) is 2.42. The minimum atomic E-state index is -1.81. The van der Waals surface area contributed by atoms with Crippen molar-refractivity contribution >= 4 is 27.9 Å². The quantitative estimate of drug-likeness (QED) is 0.666. The average molecular weight is 342 g/mol. The van der Waals surface area contributed by atoms with E-state index in [1.165, 1.54) is 14.2 Å². The number of carbonyl (C=O) groups is 2. The van der Waals surface area contributed by atoms with Crippen LogP contribution in [0.1, 0.15) is 23.5 Å². The molecule has 0 radical (unpaired) electrons. The molecule has 1 aliphatic carbocycles. The Hall–Kier alpha value is -1.40. The van der Waals surface area contributed by atoms with Crippen molar-refractivity contribution in [2.24, 2.45) is 5.73 Å². The van der Waals surface area contributed by atoms with Crippen LogP contribution in [0.5, 0.6) is 0 Å². The van der Waals surface area contributed by atoms with E-state index in [-0.39, 0.29) is 0 Å². The van der Waals surface area contributed by atoms with Crippen LogP contribution < -0.4 is 5.73 Å². The highest BCUT2D eigenvalue weighted by atomic mass is 79.9. The maximum Gasteiger partial charge on any atom is 0.338 e. The molecule has 0 saturated heterocycles. The van der Waals surface area contributed by atoms with Gasteiger partial charge in [0.15, 0.2) is 0 Å². The zero-order valence-electron chi connectivity index (χ0n) is 11.3. The van der Waals surface area contributed by atoms with Crippen LogP contribution in [0.2, 0.25) is 0 Å². The van der Waals surface area contributed by atoms with E-state index in [4.69, 9.17) is 15.2 Å². The standard InChI is InChI=1S/C14H16BrNO4/c1-19-12(17)14(16,13(18)20-2)11-6-4-8-3-5-9(15)7-10(8)11/h3,5,7,11H,4,6,16H2,1-2H3/t11-/m1/s1. The summed E-state index contributed by atoms with van der Waals surface area (Å²) in [5.41, 5.74) is 6.27. The smallest absolute Gasteiger partial charge is 0.338 e. The summed E-state index contributed by atoms with van der Waals surface area (Å²) in [5.74, 6) is -2.00. The number of benzene rings is 1. The fourth-order valence-corrected chi connectivity index (χ4v) is 3.13. The molecule has 6 heteroatoms. The molecule has 0 aliphatic heterocycles. The van der Waals surface area contributed by atoms with Gasteiger partial charge in [0.25, 0.3) is 0 Å². The van der Waals surface area contributed by atoms with Gasteiger partial charge in [0.05, 0.1) is 14.2 Å². The molecule has 0 amide bonds. The first-order valence-electron chi connectivity index (χ1n) is 6.19. The van der Waals surface area contributed by atoms with Gasteiger partial charge in [-0.3, -0.25) is 0 Å². The van der Waals surface area contributed by atoms with Gasteiger partial charge in [0.1, 0.15) is 0 Å². The van der Waals surface area contributed by atoms with Crippen LogP contribution in [0.25, 0.3) is 0 Å². The lowest BCUT2D eigenvalue weighted by atomic mass is 9.80. The van der Waals surface area contributed by atoms with E-state index in [0.29, 0.717) is 6.42 Å². The van der Waals surface area contributed by atoms with E-state index < -0.39 is 23.4 Å². The van der Waals surface area contributed by atoms with Crippen molar-refractivity contribution in [1.29, 1.82) is 0 Å². The summed E-state index contributed by atoms with van der Waals surface area (Å²) in [4.78, 5) is 24.1. The summed E-state index contributed by atoms with van der Waals surface area (Å²) in [6.45, 7) is 0. The number of fused-ring (bicyclic) bond motifs is 1. The summed E-state index contributed by atoms with van der Waals surface area (Å²) in [5, 5.41) is 0. The number of methoxy groups -OCH3 is 2. The van der Waals surface area contributed by atoms with E-state index in [2.05, 4.69) is 15.9 Å². The molecule has 1 aromatic carbocycles. The Kier molecular flexibility index (Phi) is 4.15. The van der Waals surface area contributed by atoms with Crippen LogP contribution in [-0.4, -0.2) is 31.7 Å². The second-order valence-electron chi connectivity index (χ2n) is 4.79. The van der Waals surface area contributed by atoms with Gasteiger partial charge >= 0.3 is 11.9 Å². The molecule has 0 heterocycles. The first-order valence-corrected chi connectivity index (χ1v) is 6.98. The first kappa shape index (κ1) is 15.0. The summed E-state index contributed by atoms with van der Waals surface area (Å²) >= 11 is 3.39. The van der Waals surface area contributed by atoms with E-state index in [1.807, 2.05) is 18.2 Å². The second kappa shape index (κ2) is 5.54. The van der Waals surface area contributed by atoms with Gasteiger partial charge in [-0.25, -0.2) is 9.59 Å². The Labute approximate surface area is 125 Å². The van der Waals surface area contributed by atoms with Gasteiger partial charge in [-0.2, -0.15) is 0 Å². The van der Waals surface area contributed by atoms with Crippen molar-refractivity contribution in [2.75, 3.05) is 14.2 Å². The number of rotatable bonds is 3. The minimum Gasteiger partial charge on any atom is -0.467 e. The molecule has 0 saturated carbocycles. The molecule has 1 aliphatic rings. The van der Waals surface area contributed by atoms with Crippen LogP contribution in [0.15, 0.2) is 22.7 Å². The molecule has 1 atom stereocenters. The van der Waals surface area contributed by atoms with Gasteiger partial charge < -0.3 is 15.2 Å². The Balaban J connectivity index is 2.51. The molecule has 0 fully saturated rings. The molecule has 0 bridgehead atoms. The van der Waals surface area contributed by atoms with Crippen molar-refractivity contribution in [3.63, 3.8) is 0 Å². The molecule has 0 spiro atoms. The number of nitrogens with two attached hydrogens (primary N) is 1. The van der Waals surface area contributed by atoms with Crippen molar-refractivity contribution in [2.45, 2.75) is 24.3 Å². The summed E-state index contributed by atoms with van der Waals surface area (Å²) in [6.07, 6.45) is 1.37. The average Bonchev–Trinajstić information content (AvgIpc) is 2.87. The van der Waals surface area contributed by atoms with Crippen LogP contribution in [-0.2, 0) is 25.5 Å². The monoisotopic (exact) mass is 341 g/mol. The third-order valence-corrected chi connectivity index (χ3v) is 4.27. The van der Waals surface area contributed by atoms with Gasteiger partial charge in [0.2, 0.25) is 5.54 Å². The van der Waals surface area contributed by atoms with E-state index in [9.17, 15) is 9.59 Å². The highest BCUT2D eigenvalue weighted by Gasteiger charge is 2.53. The third kappa shape index (κ3) is 2.23. The number of ether oxygens (including phenoxy) is 2. The summed E-state index contributed by atoms with van der Waals surface area (Å²) in [6, 6.07) is 5.78. The molecule has 2 rings (SSSR count). The lowest BCUT2D eigenvalue weighted by Gasteiger charge is -2.30. The van der Waals surface area contributed by atoms with E-state index in [1.54, 1.807) is 0 Å². The highest BCUT2D eigenvalue weighted by molar-refractivity contribution is 9.10. The zero-order valence-corrected chi connectivity index (χ0v) is 12.9. The van der Waals surface area contributed by atoms with Gasteiger partial charge in [-0.05, 0) is 36.1 Å². The predicted molar refractivity (Wildman–Crippen MR) is 76.2 cm³/mol. The molecule has 2 N–H and O–H groups in total. The summed E-state index contributed by atoms with van der Waals surface area (Å²) < 4.78 is 10.3. The molecule has 108 valence electrons. The molecule has 0 unspecified atom stereocenters. The third-order valence-electron chi connectivity index (χ3n) is 3.78. The normalized spacial score (nSPS) is 17.5. The van der Waals surface area contributed by atoms with Crippen molar-refractivity contribution in [3.05, 3.63) is 33.8 Å². The lowest BCUT2D eigenvalue weighted by Crippen LogP contribution is -2.59. The van der Waals surface area contributed by atoms with Crippen LogP contribution in [0.4, 0.5) is 0 Å². The largest absolute Gasteiger partial charge is 0.467 e. The number of carbonyl (C=O) groups excluding carboxylic acids is 2. The molecule has 0 aromatic heterocycles. The van der Waals surface area contributed by atoms with E-state index in [0.717, 1.165) is 22.0 Å². The van der Waals surface area contributed by atoms with Crippen molar-refractivity contribution in [3.8, 4) is 0 Å². The second-order valence-corrected chi connectivity index (χ2v) is 5.70. The molecule has 20 heavy (non-hydrogen) atoms. The molecule has 5 nitrogen and oxygen atoms in total. The number of hydrogen-bond donors (Lipinski definition) is 1. The SMILES string of the molecule is COC(=O)C(N)(C(=O)OC)[C@@H]1CCc2ccc(Br)cc21. The van der Waals surface area contributed by atoms with Crippen LogP contribution in [0.3, 0.4) is 0 Å².